The van der Waals surface area contributed by atoms with Gasteiger partial charge in [0.2, 0.25) is 0 Å². The fourth-order valence-corrected chi connectivity index (χ4v) is 2.04. The smallest absolute Gasteiger partial charge is 0.254 e. The molecule has 1 aromatic rings. The lowest BCUT2D eigenvalue weighted by Crippen LogP contribution is -2.45. The molecule has 1 saturated heterocycles. The van der Waals surface area contributed by atoms with E-state index in [1.165, 1.54) is 0 Å². The van der Waals surface area contributed by atoms with Gasteiger partial charge in [-0.25, -0.2) is 4.98 Å². The largest absolute Gasteiger partial charge is 0.375 e. The lowest BCUT2D eigenvalue weighted by atomic mass is 10.2. The maximum atomic E-state index is 12.2. The average molecular weight is 255 g/mol. The van der Waals surface area contributed by atoms with Crippen LogP contribution in [0.4, 0.5) is 0 Å². The van der Waals surface area contributed by atoms with E-state index in [-0.39, 0.29) is 12.0 Å². The summed E-state index contributed by atoms with van der Waals surface area (Å²) in [6.45, 7) is 3.94. The van der Waals surface area contributed by atoms with Crippen molar-refractivity contribution in [2.24, 2.45) is 0 Å². The number of hydrogen-bond donors (Lipinski definition) is 0. The molecule has 92 valence electrons. The van der Waals surface area contributed by atoms with E-state index < -0.39 is 0 Å². The van der Waals surface area contributed by atoms with Gasteiger partial charge in [0.05, 0.1) is 12.7 Å². The molecule has 0 aliphatic carbocycles. The zero-order valence-corrected chi connectivity index (χ0v) is 10.5. The molecular formula is C12H15ClN2O2. The number of amides is 1. The average Bonchev–Trinajstić information content (AvgIpc) is 2.38. The number of ether oxygens (including phenoxy) is 1. The number of morpholine rings is 1. The molecule has 0 aromatic carbocycles. The first-order chi connectivity index (χ1) is 8.20. The van der Waals surface area contributed by atoms with E-state index in [2.05, 4.69) is 11.9 Å². The van der Waals surface area contributed by atoms with E-state index in [9.17, 15) is 4.79 Å². The number of nitrogens with zero attached hydrogens (tertiary/aromatic N) is 2. The first-order valence-corrected chi connectivity index (χ1v) is 6.11. The van der Waals surface area contributed by atoms with Gasteiger partial charge in [-0.05, 0) is 18.6 Å². The molecule has 4 nitrogen and oxygen atoms in total. The minimum Gasteiger partial charge on any atom is -0.375 e. The summed E-state index contributed by atoms with van der Waals surface area (Å²) in [6, 6.07) is 3.28. The van der Waals surface area contributed by atoms with Crippen molar-refractivity contribution in [2.45, 2.75) is 19.4 Å². The van der Waals surface area contributed by atoms with E-state index in [1.807, 2.05) is 4.90 Å². The van der Waals surface area contributed by atoms with Crippen LogP contribution in [0.1, 0.15) is 23.7 Å². The Bertz CT molecular complexity index is 411. The summed E-state index contributed by atoms with van der Waals surface area (Å²) < 4.78 is 5.53. The number of hydrogen-bond acceptors (Lipinski definition) is 3. The van der Waals surface area contributed by atoms with Crippen LogP contribution in [0.2, 0.25) is 5.15 Å². The first-order valence-electron chi connectivity index (χ1n) is 5.73. The second kappa shape index (κ2) is 5.47. The normalized spacial score (nSPS) is 20.4. The van der Waals surface area contributed by atoms with Gasteiger partial charge in [0.1, 0.15) is 5.15 Å². The van der Waals surface area contributed by atoms with Crippen molar-refractivity contribution in [3.63, 3.8) is 0 Å². The van der Waals surface area contributed by atoms with E-state index in [1.54, 1.807) is 18.3 Å². The van der Waals surface area contributed by atoms with E-state index in [0.717, 1.165) is 6.42 Å². The number of carbonyl (C=O) groups is 1. The van der Waals surface area contributed by atoms with Crippen LogP contribution >= 0.6 is 11.6 Å². The molecular weight excluding hydrogens is 240 g/mol. The number of pyridine rings is 1. The summed E-state index contributed by atoms with van der Waals surface area (Å²) >= 11 is 5.78. The minimum atomic E-state index is -0.00366. The maximum absolute atomic E-state index is 12.2. The third-order valence-electron chi connectivity index (χ3n) is 2.85. The van der Waals surface area contributed by atoms with Gasteiger partial charge in [-0.3, -0.25) is 4.79 Å². The van der Waals surface area contributed by atoms with Crippen LogP contribution < -0.4 is 0 Å². The van der Waals surface area contributed by atoms with Gasteiger partial charge in [0, 0.05) is 24.8 Å². The highest BCUT2D eigenvalue weighted by Crippen LogP contribution is 2.14. The lowest BCUT2D eigenvalue weighted by Gasteiger charge is -2.32. The molecule has 2 rings (SSSR count). The Balaban J connectivity index is 2.09. The van der Waals surface area contributed by atoms with Crippen molar-refractivity contribution in [2.75, 3.05) is 19.7 Å². The number of rotatable bonds is 2. The molecule has 0 saturated carbocycles. The molecule has 1 amide bonds. The zero-order chi connectivity index (χ0) is 12.3. The van der Waals surface area contributed by atoms with Crippen molar-refractivity contribution >= 4 is 17.5 Å². The van der Waals surface area contributed by atoms with Gasteiger partial charge in [0.15, 0.2) is 0 Å². The van der Waals surface area contributed by atoms with Crippen LogP contribution in [-0.2, 0) is 4.74 Å². The molecule has 1 unspecified atom stereocenters. The highest BCUT2D eigenvalue weighted by Gasteiger charge is 2.23. The predicted molar refractivity (Wildman–Crippen MR) is 65.2 cm³/mol. The van der Waals surface area contributed by atoms with Crippen molar-refractivity contribution in [1.29, 1.82) is 0 Å². The Morgan fingerprint density at radius 3 is 3.24 bits per heavy atom. The highest BCUT2D eigenvalue weighted by molar-refractivity contribution is 6.29. The van der Waals surface area contributed by atoms with Crippen LogP contribution in [0.5, 0.6) is 0 Å². The predicted octanol–water partition coefficient (Wildman–Crippen LogP) is 1.99. The Labute approximate surface area is 106 Å². The second-order valence-electron chi connectivity index (χ2n) is 4.02. The van der Waals surface area contributed by atoms with Crippen molar-refractivity contribution in [3.05, 3.63) is 29.0 Å². The summed E-state index contributed by atoms with van der Waals surface area (Å²) in [5.74, 6) is -0.00366. The molecule has 1 aliphatic rings. The number of carbonyl (C=O) groups excluding carboxylic acids is 1. The third-order valence-corrected chi connectivity index (χ3v) is 3.06. The zero-order valence-electron chi connectivity index (χ0n) is 9.73. The SMILES string of the molecule is CCC1CN(C(=O)c2ccnc(Cl)c2)CCO1. The van der Waals surface area contributed by atoms with Gasteiger partial charge in [-0.1, -0.05) is 18.5 Å². The van der Waals surface area contributed by atoms with Gasteiger partial charge < -0.3 is 9.64 Å². The van der Waals surface area contributed by atoms with E-state index >= 15 is 0 Å². The Hall–Kier alpha value is -1.13. The van der Waals surface area contributed by atoms with Gasteiger partial charge >= 0.3 is 0 Å². The van der Waals surface area contributed by atoms with Crippen LogP contribution in [-0.4, -0.2) is 41.6 Å². The fraction of sp³-hybridized carbons (Fsp3) is 0.500. The number of halogens is 1. The molecule has 0 N–H and O–H groups in total. The summed E-state index contributed by atoms with van der Waals surface area (Å²) in [4.78, 5) is 17.9. The van der Waals surface area contributed by atoms with Gasteiger partial charge in [-0.15, -0.1) is 0 Å². The van der Waals surface area contributed by atoms with E-state index in [4.69, 9.17) is 16.3 Å². The minimum absolute atomic E-state index is 0.00366. The quantitative estimate of drug-likeness (QED) is 0.758. The molecule has 2 heterocycles. The van der Waals surface area contributed by atoms with E-state index in [0.29, 0.717) is 30.4 Å². The van der Waals surface area contributed by atoms with Crippen LogP contribution in [0, 0.1) is 0 Å². The lowest BCUT2D eigenvalue weighted by molar-refractivity contribution is -0.0226. The summed E-state index contributed by atoms with van der Waals surface area (Å²) in [6.07, 6.45) is 2.61. The topological polar surface area (TPSA) is 42.4 Å². The molecule has 0 radical (unpaired) electrons. The standard InChI is InChI=1S/C12H15ClN2O2/c1-2-10-8-15(5-6-17-10)12(16)9-3-4-14-11(13)7-9/h3-4,7,10H,2,5-6,8H2,1H3. The monoisotopic (exact) mass is 254 g/mol. The summed E-state index contributed by atoms with van der Waals surface area (Å²) in [5, 5.41) is 0.344. The van der Waals surface area contributed by atoms with Crippen molar-refractivity contribution in [1.82, 2.24) is 9.88 Å². The molecule has 0 spiro atoms. The molecule has 0 bridgehead atoms. The molecule has 5 heteroatoms. The molecule has 1 aromatic heterocycles. The van der Waals surface area contributed by atoms with Crippen molar-refractivity contribution < 1.29 is 9.53 Å². The Morgan fingerprint density at radius 1 is 1.71 bits per heavy atom. The molecule has 1 atom stereocenters. The first kappa shape index (κ1) is 12.3. The summed E-state index contributed by atoms with van der Waals surface area (Å²) in [5.41, 5.74) is 0.585. The second-order valence-corrected chi connectivity index (χ2v) is 4.41. The molecule has 17 heavy (non-hydrogen) atoms. The fourth-order valence-electron chi connectivity index (χ4n) is 1.87. The molecule has 1 aliphatic heterocycles. The van der Waals surface area contributed by atoms with Gasteiger partial charge in [0.25, 0.3) is 5.91 Å². The molecule has 1 fully saturated rings. The number of aromatic nitrogens is 1. The van der Waals surface area contributed by atoms with Crippen LogP contribution in [0.15, 0.2) is 18.3 Å². The summed E-state index contributed by atoms with van der Waals surface area (Å²) in [7, 11) is 0. The van der Waals surface area contributed by atoms with Crippen LogP contribution in [0.3, 0.4) is 0 Å². The van der Waals surface area contributed by atoms with Gasteiger partial charge in [-0.2, -0.15) is 0 Å². The van der Waals surface area contributed by atoms with Crippen LogP contribution in [0.25, 0.3) is 0 Å². The third kappa shape index (κ3) is 2.96. The van der Waals surface area contributed by atoms with Crippen molar-refractivity contribution in [3.8, 4) is 0 Å². The maximum Gasteiger partial charge on any atom is 0.254 e. The Morgan fingerprint density at radius 2 is 2.53 bits per heavy atom. The Kier molecular flexibility index (Phi) is 3.97. The highest BCUT2D eigenvalue weighted by atomic mass is 35.5.